The molecule has 0 fully saturated rings. The van der Waals surface area contributed by atoms with Crippen molar-refractivity contribution in [1.82, 2.24) is 9.80 Å². The van der Waals surface area contributed by atoms with Crippen molar-refractivity contribution in [1.29, 1.82) is 0 Å². The van der Waals surface area contributed by atoms with Crippen molar-refractivity contribution in [3.05, 3.63) is 100 Å². The number of nitrogens with zero attached hydrogens (tertiary/aromatic N) is 2. The zero-order chi connectivity index (χ0) is 22.9. The smallest absolute Gasteiger partial charge is 0.254 e. The predicted octanol–water partition coefficient (Wildman–Crippen LogP) is 4.92. The molecular formula is C26H28N2O3S. The average Bonchev–Trinajstić information content (AvgIpc) is 3.22. The minimum atomic E-state index is -0.232. The van der Waals surface area contributed by atoms with E-state index in [1.54, 1.807) is 48.8 Å². The Labute approximate surface area is 193 Å². The van der Waals surface area contributed by atoms with Gasteiger partial charge in [0.1, 0.15) is 12.3 Å². The molecule has 3 rings (SSSR count). The molecular weight excluding hydrogens is 420 g/mol. The van der Waals surface area contributed by atoms with E-state index >= 15 is 0 Å². The molecule has 0 spiro atoms. The van der Waals surface area contributed by atoms with Gasteiger partial charge >= 0.3 is 0 Å². The molecule has 0 saturated carbocycles. The van der Waals surface area contributed by atoms with Crippen LogP contribution in [-0.2, 0) is 17.9 Å². The van der Waals surface area contributed by atoms with Gasteiger partial charge in [0.05, 0.1) is 13.7 Å². The van der Waals surface area contributed by atoms with E-state index in [4.69, 9.17) is 4.74 Å². The third-order valence-corrected chi connectivity index (χ3v) is 6.16. The highest BCUT2D eigenvalue weighted by Gasteiger charge is 2.23. The number of carbonyl (C=O) groups is 2. The summed E-state index contributed by atoms with van der Waals surface area (Å²) < 4.78 is 5.24. The van der Waals surface area contributed by atoms with Gasteiger partial charge in [-0.05, 0) is 47.7 Å². The normalized spacial score (nSPS) is 10.4. The lowest BCUT2D eigenvalue weighted by atomic mass is 10.1. The Morgan fingerprint density at radius 1 is 1.03 bits per heavy atom. The summed E-state index contributed by atoms with van der Waals surface area (Å²) in [7, 11) is 1.56. The first-order valence-corrected chi connectivity index (χ1v) is 11.3. The number of hydrogen-bond donors (Lipinski definition) is 0. The van der Waals surface area contributed by atoms with Crippen LogP contribution in [0.5, 0.6) is 5.75 Å². The van der Waals surface area contributed by atoms with Crippen molar-refractivity contribution in [3.63, 3.8) is 0 Å². The minimum absolute atomic E-state index is 0.0285. The minimum Gasteiger partial charge on any atom is -0.497 e. The molecule has 5 nitrogen and oxygen atoms in total. The molecule has 0 atom stereocenters. The van der Waals surface area contributed by atoms with Crippen molar-refractivity contribution < 1.29 is 14.3 Å². The van der Waals surface area contributed by atoms with Gasteiger partial charge in [-0.2, -0.15) is 0 Å². The number of carbonyl (C=O) groups excluding carboxylic acids is 2. The van der Waals surface area contributed by atoms with Crippen LogP contribution < -0.4 is 4.74 Å². The maximum absolute atomic E-state index is 13.4. The van der Waals surface area contributed by atoms with Gasteiger partial charge < -0.3 is 14.5 Å². The molecule has 166 valence electrons. The molecule has 3 aromatic rings. The molecule has 1 heterocycles. The lowest BCUT2D eigenvalue weighted by molar-refractivity contribution is -0.133. The van der Waals surface area contributed by atoms with Gasteiger partial charge in [-0.25, -0.2) is 0 Å². The summed E-state index contributed by atoms with van der Waals surface area (Å²) >= 11 is 1.64. The van der Waals surface area contributed by atoms with E-state index in [0.717, 1.165) is 16.0 Å². The fraction of sp³-hybridized carbons (Fsp3) is 0.231. The van der Waals surface area contributed by atoms with Gasteiger partial charge in [0.15, 0.2) is 0 Å². The van der Waals surface area contributed by atoms with Crippen LogP contribution >= 0.6 is 11.3 Å². The summed E-state index contributed by atoms with van der Waals surface area (Å²) in [5.74, 6) is 0.253. The number of amides is 2. The van der Waals surface area contributed by atoms with E-state index in [-0.39, 0.29) is 24.9 Å². The summed E-state index contributed by atoms with van der Waals surface area (Å²) in [5, 5.41) is 2.03. The monoisotopic (exact) mass is 448 g/mol. The number of aryl methyl sites for hydroxylation is 1. The molecule has 6 heteroatoms. The van der Waals surface area contributed by atoms with Gasteiger partial charge in [0.25, 0.3) is 5.91 Å². The number of thiophene rings is 1. The Balaban J connectivity index is 1.81. The first kappa shape index (κ1) is 23.3. The Morgan fingerprint density at radius 2 is 1.81 bits per heavy atom. The van der Waals surface area contributed by atoms with Crippen molar-refractivity contribution in [3.8, 4) is 5.75 Å². The number of benzene rings is 2. The van der Waals surface area contributed by atoms with E-state index in [0.29, 0.717) is 24.4 Å². The first-order chi connectivity index (χ1) is 15.5. The fourth-order valence-electron chi connectivity index (χ4n) is 3.35. The third kappa shape index (κ3) is 6.08. The zero-order valence-corrected chi connectivity index (χ0v) is 19.3. The van der Waals surface area contributed by atoms with Crippen molar-refractivity contribution in [2.24, 2.45) is 0 Å². The van der Waals surface area contributed by atoms with Crippen LogP contribution in [0.2, 0.25) is 0 Å². The maximum Gasteiger partial charge on any atom is 0.254 e. The van der Waals surface area contributed by atoms with E-state index in [2.05, 4.69) is 12.6 Å². The van der Waals surface area contributed by atoms with Gasteiger partial charge in [-0.3, -0.25) is 9.59 Å². The Hall–Kier alpha value is -3.38. The number of rotatable bonds is 10. The quantitative estimate of drug-likeness (QED) is 0.414. The van der Waals surface area contributed by atoms with Crippen LogP contribution in [0.4, 0.5) is 0 Å². The van der Waals surface area contributed by atoms with Gasteiger partial charge in [0.2, 0.25) is 5.91 Å². The summed E-state index contributed by atoms with van der Waals surface area (Å²) in [5.41, 5.74) is 2.68. The highest BCUT2D eigenvalue weighted by Crippen LogP contribution is 2.20. The van der Waals surface area contributed by atoms with E-state index < -0.39 is 0 Å². The van der Waals surface area contributed by atoms with Crippen LogP contribution in [0.3, 0.4) is 0 Å². The maximum atomic E-state index is 13.4. The predicted molar refractivity (Wildman–Crippen MR) is 129 cm³/mol. The number of hydrogen-bond acceptors (Lipinski definition) is 4. The fourth-order valence-corrected chi connectivity index (χ4v) is 4.27. The Morgan fingerprint density at radius 3 is 2.47 bits per heavy atom. The Bertz CT molecular complexity index is 1060. The van der Waals surface area contributed by atoms with Gasteiger partial charge in [-0.1, -0.05) is 42.5 Å². The van der Waals surface area contributed by atoms with Gasteiger partial charge in [-0.15, -0.1) is 17.9 Å². The molecule has 2 amide bonds. The van der Waals surface area contributed by atoms with E-state index in [9.17, 15) is 9.59 Å². The van der Waals surface area contributed by atoms with Crippen LogP contribution in [0.1, 0.15) is 26.4 Å². The van der Waals surface area contributed by atoms with E-state index in [1.165, 1.54) is 4.90 Å². The molecule has 0 saturated heterocycles. The molecule has 0 radical (unpaired) electrons. The molecule has 1 aromatic heterocycles. The van der Waals surface area contributed by atoms with Gasteiger partial charge in [0, 0.05) is 23.5 Å². The van der Waals surface area contributed by atoms with Crippen molar-refractivity contribution in [2.45, 2.75) is 20.0 Å². The number of ether oxygens (including phenoxy) is 1. The second kappa shape index (κ2) is 11.3. The van der Waals surface area contributed by atoms with Crippen LogP contribution in [0.25, 0.3) is 0 Å². The van der Waals surface area contributed by atoms with Crippen LogP contribution in [0, 0.1) is 6.92 Å². The molecule has 0 unspecified atom stereocenters. The topological polar surface area (TPSA) is 49.9 Å². The van der Waals surface area contributed by atoms with Crippen LogP contribution in [0.15, 0.2) is 78.7 Å². The van der Waals surface area contributed by atoms with Crippen molar-refractivity contribution in [2.75, 3.05) is 20.2 Å². The largest absolute Gasteiger partial charge is 0.497 e. The zero-order valence-electron chi connectivity index (χ0n) is 18.5. The molecule has 0 aliphatic heterocycles. The number of methoxy groups -OCH3 is 1. The lowest BCUT2D eigenvalue weighted by Gasteiger charge is -2.27. The van der Waals surface area contributed by atoms with E-state index in [1.807, 2.05) is 47.5 Å². The second-order valence-electron chi connectivity index (χ2n) is 7.47. The average molecular weight is 449 g/mol. The summed E-state index contributed by atoms with van der Waals surface area (Å²) in [4.78, 5) is 31.0. The highest BCUT2D eigenvalue weighted by atomic mass is 32.1. The second-order valence-corrected chi connectivity index (χ2v) is 8.47. The first-order valence-electron chi connectivity index (χ1n) is 10.4. The lowest BCUT2D eigenvalue weighted by Crippen LogP contribution is -2.42. The summed E-state index contributed by atoms with van der Waals surface area (Å²) in [6.45, 7) is 7.04. The van der Waals surface area contributed by atoms with Crippen LogP contribution in [-0.4, -0.2) is 41.8 Å². The SMILES string of the molecule is C=CCN(CC(=O)N(Cc1ccccc1)Cc1sccc1C)C(=O)c1cccc(OC)c1. The molecule has 2 aromatic carbocycles. The standard InChI is InChI=1S/C26H28N2O3S/c1-4-14-27(26(30)22-11-8-12-23(16-22)31-3)19-25(29)28(17-21-9-6-5-7-10-21)18-24-20(2)13-15-32-24/h4-13,15-16H,1,14,17-19H2,2-3H3. The molecule has 0 bridgehead atoms. The molecule has 0 N–H and O–H groups in total. The molecule has 0 aliphatic carbocycles. The summed E-state index contributed by atoms with van der Waals surface area (Å²) in [6, 6.07) is 18.9. The Kier molecular flexibility index (Phi) is 8.22. The molecule has 0 aliphatic rings. The van der Waals surface area contributed by atoms with Crippen molar-refractivity contribution >= 4 is 23.2 Å². The summed E-state index contributed by atoms with van der Waals surface area (Å²) in [6.07, 6.45) is 1.64. The highest BCUT2D eigenvalue weighted by molar-refractivity contribution is 7.10. The molecule has 32 heavy (non-hydrogen) atoms. The third-order valence-electron chi connectivity index (χ3n) is 5.15.